The fourth-order valence-corrected chi connectivity index (χ4v) is 3.66. The van der Waals surface area contributed by atoms with Crippen LogP contribution >= 0.6 is 22.6 Å². The first kappa shape index (κ1) is 20.6. The highest BCUT2D eigenvalue weighted by atomic mass is 127. The van der Waals surface area contributed by atoms with Gasteiger partial charge < -0.3 is 20.1 Å². The van der Waals surface area contributed by atoms with Crippen molar-refractivity contribution in [2.24, 2.45) is 0 Å². The molecule has 10 nitrogen and oxygen atoms in total. The number of halogens is 1. The number of imidazole rings is 1. The number of nitrogens with zero attached hydrogens (tertiary/aromatic N) is 3. The summed E-state index contributed by atoms with van der Waals surface area (Å²) in [4.78, 5) is 39.9. The quantitative estimate of drug-likeness (QED) is 0.445. The Morgan fingerprint density at radius 2 is 1.85 bits per heavy atom. The molecule has 3 N–H and O–H groups in total. The average Bonchev–Trinajstić information content (AvgIpc) is 3.04. The molecule has 0 radical (unpaired) electrons. The third-order valence-corrected chi connectivity index (χ3v) is 5.56. The number of aromatic nitrogens is 2. The second-order valence-corrected chi connectivity index (χ2v) is 7.03. The molecule has 5 atom stereocenters. The molecule has 1 aromatic rings. The zero-order valence-electron chi connectivity index (χ0n) is 14.0. The Balaban J connectivity index is 2.75. The van der Waals surface area contributed by atoms with Crippen LogP contribution in [-0.4, -0.2) is 65.6 Å². The second kappa shape index (κ2) is 6.78. The molecule has 1 fully saturated rings. The first-order valence-electron chi connectivity index (χ1n) is 7.37. The predicted octanol–water partition coefficient (Wildman–Crippen LogP) is -1.15. The van der Waals surface area contributed by atoms with E-state index >= 15 is 0 Å². The first-order chi connectivity index (χ1) is 11.9. The van der Waals surface area contributed by atoms with E-state index in [-0.39, 0.29) is 9.39 Å². The molecule has 1 aliphatic rings. The molecule has 1 saturated heterocycles. The Hall–Kier alpha value is -1.72. The molecule has 0 spiro atoms. The maximum absolute atomic E-state index is 12.3. The molecule has 140 valence electrons. The number of nitriles is 1. The summed E-state index contributed by atoms with van der Waals surface area (Å²) >= 11 is 1.71. The van der Waals surface area contributed by atoms with Gasteiger partial charge in [0.1, 0.15) is 22.0 Å². The lowest BCUT2D eigenvalue weighted by Gasteiger charge is -2.37. The maximum Gasteiger partial charge on any atom is 0.206 e. The van der Waals surface area contributed by atoms with E-state index in [0.717, 1.165) is 31.7 Å². The Labute approximate surface area is 161 Å². The third-order valence-electron chi connectivity index (χ3n) is 4.49. The van der Waals surface area contributed by atoms with E-state index in [1.54, 1.807) is 28.7 Å². The van der Waals surface area contributed by atoms with Gasteiger partial charge in [-0.2, -0.15) is 5.26 Å². The predicted molar refractivity (Wildman–Crippen MR) is 91.5 cm³/mol. The van der Waals surface area contributed by atoms with Crippen molar-refractivity contribution in [1.29, 1.82) is 5.26 Å². The van der Waals surface area contributed by atoms with Crippen molar-refractivity contribution in [3.05, 3.63) is 15.7 Å². The maximum atomic E-state index is 12.3. The van der Waals surface area contributed by atoms with Crippen LogP contribution in [0.5, 0.6) is 0 Å². The summed E-state index contributed by atoms with van der Waals surface area (Å²) in [5.41, 5.74) is -5.76. The lowest BCUT2D eigenvalue weighted by molar-refractivity contribution is -0.184. The van der Waals surface area contributed by atoms with Gasteiger partial charge in [0, 0.05) is 0 Å². The topological polar surface area (TPSA) is 163 Å². The fourth-order valence-electron chi connectivity index (χ4n) is 3.02. The van der Waals surface area contributed by atoms with Crippen LogP contribution in [0.2, 0.25) is 0 Å². The van der Waals surface area contributed by atoms with Crippen LogP contribution in [0, 0.1) is 15.0 Å². The number of Topliss-reactive ketones (excluding diaryl/α,β-unsaturated/α-hetero) is 3. The molecule has 0 aliphatic carbocycles. The zero-order chi connectivity index (χ0) is 20.0. The van der Waals surface area contributed by atoms with Crippen molar-refractivity contribution in [1.82, 2.24) is 9.55 Å². The van der Waals surface area contributed by atoms with Gasteiger partial charge >= 0.3 is 0 Å². The van der Waals surface area contributed by atoms with E-state index in [0.29, 0.717) is 0 Å². The Morgan fingerprint density at radius 3 is 2.23 bits per heavy atom. The minimum absolute atomic E-state index is 0.0398. The van der Waals surface area contributed by atoms with Gasteiger partial charge in [-0.3, -0.25) is 19.0 Å². The van der Waals surface area contributed by atoms with Crippen LogP contribution in [0.4, 0.5) is 0 Å². The summed E-state index contributed by atoms with van der Waals surface area (Å²) in [6.07, 6.45) is -4.49. The number of hydrogen-bond acceptors (Lipinski definition) is 9. The van der Waals surface area contributed by atoms with Gasteiger partial charge in [-0.1, -0.05) is 0 Å². The van der Waals surface area contributed by atoms with Gasteiger partial charge in [-0.25, -0.2) is 4.98 Å². The summed E-state index contributed by atoms with van der Waals surface area (Å²) in [5.74, 6) is -2.93. The third kappa shape index (κ3) is 2.60. The van der Waals surface area contributed by atoms with Crippen LogP contribution in [-0.2, 0) is 19.1 Å². The Bertz CT molecular complexity index is 832. The monoisotopic (exact) mass is 477 g/mol. The lowest BCUT2D eigenvalue weighted by atomic mass is 9.73. The number of carbonyl (C=O) groups is 3. The Kier molecular flexibility index (Phi) is 5.37. The number of aliphatic hydroxyl groups excluding tert-OH is 1. The zero-order valence-corrected chi connectivity index (χ0v) is 16.2. The van der Waals surface area contributed by atoms with E-state index in [1.165, 1.54) is 0 Å². The molecule has 26 heavy (non-hydrogen) atoms. The molecule has 0 amide bonds. The number of aliphatic hydroxyl groups is 3. The number of hydrogen-bond donors (Lipinski definition) is 3. The van der Waals surface area contributed by atoms with Gasteiger partial charge in [-0.15, -0.1) is 0 Å². The smallest absolute Gasteiger partial charge is 0.206 e. The molecule has 0 aromatic carbocycles. The lowest BCUT2D eigenvalue weighted by Crippen LogP contribution is -2.67. The van der Waals surface area contributed by atoms with Crippen LogP contribution in [0.25, 0.3) is 0 Å². The van der Waals surface area contributed by atoms with Crippen molar-refractivity contribution < 1.29 is 34.4 Å². The van der Waals surface area contributed by atoms with Crippen molar-refractivity contribution in [3.63, 3.8) is 0 Å². The van der Waals surface area contributed by atoms with Crippen molar-refractivity contribution in [2.75, 3.05) is 0 Å². The average molecular weight is 477 g/mol. The highest BCUT2D eigenvalue weighted by Gasteiger charge is 2.73. The van der Waals surface area contributed by atoms with Crippen LogP contribution in [0.1, 0.15) is 32.7 Å². The summed E-state index contributed by atoms with van der Waals surface area (Å²) < 4.78 is 6.71. The van der Waals surface area contributed by atoms with Crippen molar-refractivity contribution >= 4 is 39.9 Å². The molecule has 1 aromatic heterocycles. The van der Waals surface area contributed by atoms with Gasteiger partial charge in [0.15, 0.2) is 34.9 Å². The highest BCUT2D eigenvalue weighted by molar-refractivity contribution is 14.1. The molecule has 11 heteroatoms. The molecule has 1 unspecified atom stereocenters. The summed E-state index contributed by atoms with van der Waals surface area (Å²) in [7, 11) is 0. The fraction of sp³-hybridized carbons (Fsp3) is 0.533. The van der Waals surface area contributed by atoms with E-state index < -0.39 is 47.0 Å². The molecule has 2 rings (SSSR count). The second-order valence-electron chi connectivity index (χ2n) is 6.01. The molecule has 1 aliphatic heterocycles. The number of ketones is 3. The van der Waals surface area contributed by atoms with Crippen molar-refractivity contribution in [3.8, 4) is 6.07 Å². The van der Waals surface area contributed by atoms with E-state index in [2.05, 4.69) is 4.98 Å². The first-order valence-corrected chi connectivity index (χ1v) is 8.45. The number of ether oxygens (including phenoxy) is 1. The minimum atomic E-state index is -2.89. The summed E-state index contributed by atoms with van der Waals surface area (Å²) in [6.45, 7) is 2.84. The molecule has 0 saturated carbocycles. The minimum Gasteiger partial charge on any atom is -0.382 e. The summed E-state index contributed by atoms with van der Waals surface area (Å²) in [6, 6.07) is 1.80. The van der Waals surface area contributed by atoms with E-state index in [4.69, 9.17) is 10.00 Å². The van der Waals surface area contributed by atoms with Crippen LogP contribution < -0.4 is 0 Å². The number of carbonyl (C=O) groups excluding carboxylic acids is 3. The normalized spacial score (nSPS) is 32.1. The molecular formula is C15H16IN3O7. The SMILES string of the molecule is CC(=O)C(O)[C@H]1O[C@@H](n2cnc(C#N)c2I)[C@@](O)(C(C)=O)[C@@]1(O)C(C)=O. The van der Waals surface area contributed by atoms with Gasteiger partial charge in [0.05, 0.1) is 6.33 Å². The Morgan fingerprint density at radius 1 is 1.31 bits per heavy atom. The highest BCUT2D eigenvalue weighted by Crippen LogP contribution is 2.48. The van der Waals surface area contributed by atoms with Crippen LogP contribution in [0.15, 0.2) is 6.33 Å². The van der Waals surface area contributed by atoms with Crippen molar-refractivity contribution in [2.45, 2.75) is 50.4 Å². The van der Waals surface area contributed by atoms with E-state index in [9.17, 15) is 29.7 Å². The van der Waals surface area contributed by atoms with Gasteiger partial charge in [-0.05, 0) is 43.4 Å². The van der Waals surface area contributed by atoms with Crippen LogP contribution in [0.3, 0.4) is 0 Å². The molecule has 0 bridgehead atoms. The number of rotatable bonds is 5. The molecular weight excluding hydrogens is 461 g/mol. The van der Waals surface area contributed by atoms with Gasteiger partial charge in [0.2, 0.25) is 5.60 Å². The van der Waals surface area contributed by atoms with E-state index in [1.807, 2.05) is 0 Å². The summed E-state index contributed by atoms with van der Waals surface area (Å²) in [5, 5.41) is 41.2. The largest absolute Gasteiger partial charge is 0.382 e. The standard InChI is InChI=1S/C15H16IN3O7/c1-6(20)10(23)11-14(24,7(2)21)15(25,8(3)22)13(26-11)19-5-18-9(4-17)12(19)16/h5,10-11,13,23-25H,1-3H3/t10?,11-,13-,14-,15+/m1/s1. The van der Waals surface area contributed by atoms with Gasteiger partial charge in [0.25, 0.3) is 0 Å². The molecule has 2 heterocycles.